The normalized spacial score (nSPS) is 34.8. The number of hydrogen-bond acceptors (Lipinski definition) is 6. The maximum Gasteiger partial charge on any atom is 0.312 e. The van der Waals surface area contributed by atoms with Crippen LogP contribution in [0.25, 0.3) is 0 Å². The molecule has 4 aliphatic heterocycles. The molecular weight excluding hydrogens is 436 g/mol. The Morgan fingerprint density at radius 3 is 2.62 bits per heavy atom. The summed E-state index contributed by atoms with van der Waals surface area (Å²) >= 11 is 0. The number of rotatable bonds is 7. The predicted molar refractivity (Wildman–Crippen MR) is 125 cm³/mol. The first-order valence-electron chi connectivity index (χ1n) is 12.7. The third-order valence-electron chi connectivity index (χ3n) is 7.68. The van der Waals surface area contributed by atoms with Crippen LogP contribution in [-0.2, 0) is 23.9 Å². The highest BCUT2D eigenvalue weighted by molar-refractivity contribution is 5.99. The van der Waals surface area contributed by atoms with Crippen molar-refractivity contribution in [2.24, 2.45) is 17.8 Å². The Bertz CT molecular complexity index is 869. The van der Waals surface area contributed by atoms with Gasteiger partial charge in [-0.3, -0.25) is 14.4 Å². The third-order valence-corrected chi connectivity index (χ3v) is 7.68. The van der Waals surface area contributed by atoms with Crippen LogP contribution in [0.5, 0.6) is 0 Å². The SMILES string of the molecule is CCCC(C)N1CC=C[C@]23O[C@@H]4C=CCCOC(=O)[C@@H]4[C@H]2C(=O)N([C@@H](CO)CC(C)C)C3C1=O. The van der Waals surface area contributed by atoms with Gasteiger partial charge in [0.1, 0.15) is 17.6 Å². The zero-order valence-corrected chi connectivity index (χ0v) is 20.7. The standard InChI is InChI=1S/C26H38N2O6/c1-5-9-17(4)27-12-8-11-26-21(20-19(34-26)10-6-7-13-33-25(20)32)23(30)28(22(26)24(27)31)18(15-29)14-16(2)3/h6,8,10-11,16-22,29H,5,7,9,12-15H2,1-4H3/t17?,18-,19-,20+,21+,22?,26+/m1/s1. The van der Waals surface area contributed by atoms with Crippen LogP contribution in [0.1, 0.15) is 53.4 Å². The number of carbonyl (C=O) groups is 3. The first-order chi connectivity index (χ1) is 16.3. The van der Waals surface area contributed by atoms with Gasteiger partial charge in [0.05, 0.1) is 31.3 Å². The topological polar surface area (TPSA) is 96.4 Å². The Kier molecular flexibility index (Phi) is 7.20. The molecule has 4 heterocycles. The lowest BCUT2D eigenvalue weighted by Crippen LogP contribution is -2.59. The molecule has 0 aromatic heterocycles. The molecule has 0 aliphatic carbocycles. The molecule has 2 fully saturated rings. The molecule has 7 atom stereocenters. The summed E-state index contributed by atoms with van der Waals surface area (Å²) in [5, 5.41) is 10.3. The number of likely N-dealkylation sites (tertiary alicyclic amines) is 1. The Morgan fingerprint density at radius 2 is 1.94 bits per heavy atom. The molecule has 2 saturated heterocycles. The number of aliphatic hydroxyl groups excluding tert-OH is 1. The fraction of sp³-hybridized carbons (Fsp3) is 0.731. The Balaban J connectivity index is 1.84. The van der Waals surface area contributed by atoms with Crippen LogP contribution in [0, 0.1) is 17.8 Å². The van der Waals surface area contributed by atoms with Gasteiger partial charge in [0, 0.05) is 12.6 Å². The van der Waals surface area contributed by atoms with E-state index in [1.807, 2.05) is 50.0 Å². The average Bonchev–Trinajstić information content (AvgIpc) is 3.16. The molecule has 34 heavy (non-hydrogen) atoms. The summed E-state index contributed by atoms with van der Waals surface area (Å²) in [7, 11) is 0. The number of esters is 1. The number of fused-ring (bicyclic) bond motifs is 2. The molecule has 8 nitrogen and oxygen atoms in total. The lowest BCUT2D eigenvalue weighted by molar-refractivity contribution is -0.157. The second-order valence-electron chi connectivity index (χ2n) is 10.5. The second-order valence-corrected chi connectivity index (χ2v) is 10.5. The van der Waals surface area contributed by atoms with Gasteiger partial charge in [0.2, 0.25) is 11.8 Å². The van der Waals surface area contributed by atoms with E-state index in [9.17, 15) is 19.5 Å². The highest BCUT2D eigenvalue weighted by Crippen LogP contribution is 2.54. The van der Waals surface area contributed by atoms with Crippen molar-refractivity contribution in [2.75, 3.05) is 19.8 Å². The van der Waals surface area contributed by atoms with Crippen molar-refractivity contribution in [3.8, 4) is 0 Å². The molecular formula is C26H38N2O6. The van der Waals surface area contributed by atoms with Gasteiger partial charge in [0.25, 0.3) is 0 Å². The number of aliphatic hydroxyl groups is 1. The summed E-state index contributed by atoms with van der Waals surface area (Å²) in [6.45, 7) is 8.55. The Labute approximate surface area is 201 Å². The second kappa shape index (κ2) is 9.82. The summed E-state index contributed by atoms with van der Waals surface area (Å²) < 4.78 is 12.0. The smallest absolute Gasteiger partial charge is 0.312 e. The van der Waals surface area contributed by atoms with Crippen molar-refractivity contribution in [3.63, 3.8) is 0 Å². The highest BCUT2D eigenvalue weighted by Gasteiger charge is 2.72. The number of nitrogens with zero attached hydrogens (tertiary/aromatic N) is 2. The first-order valence-corrected chi connectivity index (χ1v) is 12.7. The average molecular weight is 475 g/mol. The summed E-state index contributed by atoms with van der Waals surface area (Å²) in [6, 6.07) is -1.49. The molecule has 0 bridgehead atoms. The number of amides is 2. The molecule has 2 amide bonds. The number of ether oxygens (including phenoxy) is 2. The van der Waals surface area contributed by atoms with Gasteiger partial charge in [-0.25, -0.2) is 0 Å². The van der Waals surface area contributed by atoms with Crippen LogP contribution in [0.2, 0.25) is 0 Å². The van der Waals surface area contributed by atoms with E-state index in [-0.39, 0.29) is 37.0 Å². The van der Waals surface area contributed by atoms with Gasteiger partial charge in [-0.15, -0.1) is 0 Å². The number of cyclic esters (lactones) is 1. The highest BCUT2D eigenvalue weighted by atomic mass is 16.6. The van der Waals surface area contributed by atoms with Crippen molar-refractivity contribution >= 4 is 17.8 Å². The molecule has 0 saturated carbocycles. The first kappa shape index (κ1) is 24.9. The lowest BCUT2D eigenvalue weighted by atomic mass is 9.77. The zero-order chi connectivity index (χ0) is 24.6. The van der Waals surface area contributed by atoms with Gasteiger partial charge < -0.3 is 24.4 Å². The summed E-state index contributed by atoms with van der Waals surface area (Å²) in [5.74, 6) is -2.46. The van der Waals surface area contributed by atoms with E-state index in [1.165, 1.54) is 0 Å². The van der Waals surface area contributed by atoms with Gasteiger partial charge in [-0.1, -0.05) is 51.5 Å². The molecule has 1 N–H and O–H groups in total. The molecule has 8 heteroatoms. The van der Waals surface area contributed by atoms with Crippen molar-refractivity contribution in [2.45, 2.75) is 83.2 Å². The minimum Gasteiger partial charge on any atom is -0.465 e. The molecule has 2 unspecified atom stereocenters. The van der Waals surface area contributed by atoms with E-state index >= 15 is 0 Å². The largest absolute Gasteiger partial charge is 0.465 e. The van der Waals surface area contributed by atoms with Gasteiger partial charge in [-0.05, 0) is 32.1 Å². The number of carbonyl (C=O) groups excluding carboxylic acids is 3. The maximum absolute atomic E-state index is 14.2. The summed E-state index contributed by atoms with van der Waals surface area (Å²) in [6.07, 6.45) is 9.75. The predicted octanol–water partition coefficient (Wildman–Crippen LogP) is 2.06. The van der Waals surface area contributed by atoms with Gasteiger partial charge in [0.15, 0.2) is 0 Å². The third kappa shape index (κ3) is 3.98. The summed E-state index contributed by atoms with van der Waals surface area (Å²) in [5.41, 5.74) is -1.28. The fourth-order valence-electron chi connectivity index (χ4n) is 6.25. The van der Waals surface area contributed by atoms with Crippen LogP contribution in [0.15, 0.2) is 24.3 Å². The van der Waals surface area contributed by atoms with Gasteiger partial charge >= 0.3 is 5.97 Å². The Morgan fingerprint density at radius 1 is 1.18 bits per heavy atom. The van der Waals surface area contributed by atoms with E-state index in [0.717, 1.165) is 12.8 Å². The van der Waals surface area contributed by atoms with Crippen LogP contribution < -0.4 is 0 Å². The van der Waals surface area contributed by atoms with Crippen molar-refractivity contribution in [1.82, 2.24) is 9.80 Å². The Hall–Kier alpha value is -2.19. The van der Waals surface area contributed by atoms with Crippen LogP contribution in [0.4, 0.5) is 0 Å². The van der Waals surface area contributed by atoms with Crippen molar-refractivity contribution in [1.29, 1.82) is 0 Å². The van der Waals surface area contributed by atoms with Crippen molar-refractivity contribution < 1.29 is 29.0 Å². The molecule has 0 radical (unpaired) electrons. The van der Waals surface area contributed by atoms with Gasteiger partial charge in [-0.2, -0.15) is 0 Å². The fourth-order valence-corrected chi connectivity index (χ4v) is 6.25. The molecule has 4 aliphatic rings. The van der Waals surface area contributed by atoms with E-state index < -0.39 is 41.6 Å². The zero-order valence-electron chi connectivity index (χ0n) is 20.7. The van der Waals surface area contributed by atoms with E-state index in [2.05, 4.69) is 6.92 Å². The molecule has 0 aromatic rings. The molecule has 188 valence electrons. The molecule has 1 spiro atoms. The van der Waals surface area contributed by atoms with E-state index in [0.29, 0.717) is 19.4 Å². The van der Waals surface area contributed by atoms with E-state index in [1.54, 1.807) is 4.90 Å². The molecule has 4 rings (SSSR count). The quantitative estimate of drug-likeness (QED) is 0.448. The maximum atomic E-state index is 14.2. The van der Waals surface area contributed by atoms with Crippen LogP contribution in [-0.4, -0.2) is 82.3 Å². The summed E-state index contributed by atoms with van der Waals surface area (Å²) in [4.78, 5) is 44.7. The van der Waals surface area contributed by atoms with E-state index in [4.69, 9.17) is 9.47 Å². The molecule has 0 aromatic carbocycles. The van der Waals surface area contributed by atoms with Crippen LogP contribution >= 0.6 is 0 Å². The monoisotopic (exact) mass is 474 g/mol. The van der Waals surface area contributed by atoms with Crippen LogP contribution in [0.3, 0.4) is 0 Å². The van der Waals surface area contributed by atoms with Crippen molar-refractivity contribution in [3.05, 3.63) is 24.3 Å². The minimum absolute atomic E-state index is 0.00841. The lowest BCUT2D eigenvalue weighted by Gasteiger charge is -2.40. The minimum atomic E-state index is -1.28. The number of hydrogen-bond donors (Lipinski definition) is 1.